The lowest BCUT2D eigenvalue weighted by atomic mass is 9.46. The van der Waals surface area contributed by atoms with Gasteiger partial charge in [0.1, 0.15) is 6.61 Å². The zero-order chi connectivity index (χ0) is 25.8. The number of ether oxygens (including phenoxy) is 2. The molecule has 0 aromatic heterocycles. The first-order valence-corrected chi connectivity index (χ1v) is 11.4. The van der Waals surface area contributed by atoms with Crippen molar-refractivity contribution in [2.24, 2.45) is 28.6 Å². The van der Waals surface area contributed by atoms with Crippen LogP contribution in [0.2, 0.25) is 0 Å². The maximum absolute atomic E-state index is 13.4. The van der Waals surface area contributed by atoms with Gasteiger partial charge in [-0.3, -0.25) is 9.59 Å². The van der Waals surface area contributed by atoms with E-state index in [0.717, 1.165) is 0 Å². The number of rotatable bonds is 4. The number of hydrogen-bond acceptors (Lipinski definition) is 6. The van der Waals surface area contributed by atoms with Crippen LogP contribution in [0.15, 0.2) is 23.8 Å². The third kappa shape index (κ3) is 2.65. The van der Waals surface area contributed by atoms with E-state index in [2.05, 4.69) is 0 Å². The van der Waals surface area contributed by atoms with Crippen LogP contribution in [-0.2, 0) is 19.1 Å². The summed E-state index contributed by atoms with van der Waals surface area (Å²) in [6.07, 6.45) is -1.29. The Morgan fingerprint density at radius 3 is 2.94 bits per heavy atom. The average molecular weight is 435 g/mol. The minimum Gasteiger partial charge on any atom is -0.393 e. The molecule has 2 N–H and O–H groups in total. The molecule has 5 aliphatic rings. The van der Waals surface area contributed by atoms with Crippen molar-refractivity contribution in [1.29, 1.82) is 0 Å². The number of aliphatic hydroxyl groups excluding tert-OH is 2. The van der Waals surface area contributed by atoms with Crippen LogP contribution in [-0.4, -0.2) is 52.5 Å². The zero-order valence-electron chi connectivity index (χ0n) is 22.3. The van der Waals surface area contributed by atoms with Crippen molar-refractivity contribution in [3.63, 3.8) is 0 Å². The average Bonchev–Trinajstić information content (AvgIpc) is 3.16. The highest BCUT2D eigenvalue weighted by Gasteiger charge is 2.75. The first-order valence-electron chi connectivity index (χ1n) is 13.4. The summed E-state index contributed by atoms with van der Waals surface area (Å²) in [5, 5.41) is 21.6. The normalized spacial score (nSPS) is 56.5. The van der Waals surface area contributed by atoms with Crippen LogP contribution in [0.25, 0.3) is 0 Å². The number of fused-ring (bicyclic) bond motifs is 7. The molecule has 1 unspecified atom stereocenters. The van der Waals surface area contributed by atoms with Crippen molar-refractivity contribution in [3.05, 3.63) is 23.8 Å². The second-order valence-electron chi connectivity index (χ2n) is 10.2. The lowest BCUT2D eigenvalue weighted by molar-refractivity contribution is -0.200. The topological polar surface area (TPSA) is 93.1 Å². The van der Waals surface area contributed by atoms with E-state index in [9.17, 15) is 19.8 Å². The molecule has 4 aliphatic carbocycles. The zero-order valence-corrected chi connectivity index (χ0v) is 18.3. The number of ketones is 2. The minimum absolute atomic E-state index is 0.0436. The van der Waals surface area contributed by atoms with E-state index in [-0.39, 0.29) is 36.8 Å². The number of hydrogen-bond donors (Lipinski definition) is 2. The van der Waals surface area contributed by atoms with Gasteiger partial charge >= 0.3 is 0 Å². The minimum atomic E-state index is -1.85. The van der Waals surface area contributed by atoms with E-state index < -0.39 is 71.3 Å². The Kier molecular flexibility index (Phi) is 3.92. The summed E-state index contributed by atoms with van der Waals surface area (Å²) in [6, 6.07) is -0.214. The summed E-state index contributed by atoms with van der Waals surface area (Å²) >= 11 is 0. The van der Waals surface area contributed by atoms with Gasteiger partial charge in [-0.05, 0) is 56.0 Å². The molecule has 6 nitrogen and oxygen atoms in total. The molecule has 170 valence electrons. The Hall–Kier alpha value is -1.34. The van der Waals surface area contributed by atoms with E-state index in [4.69, 9.17) is 15.0 Å². The van der Waals surface area contributed by atoms with Gasteiger partial charge in [-0.15, -0.1) is 0 Å². The molecule has 1 heterocycles. The van der Waals surface area contributed by atoms with Crippen molar-refractivity contribution in [2.75, 3.05) is 6.61 Å². The second-order valence-corrected chi connectivity index (χ2v) is 10.2. The predicted molar refractivity (Wildman–Crippen MR) is 113 cm³/mol. The number of aliphatic hydroxyl groups is 2. The summed E-state index contributed by atoms with van der Waals surface area (Å²) in [5.41, 5.74) is -3.36. The summed E-state index contributed by atoms with van der Waals surface area (Å²) in [7, 11) is 0. The number of allylic oxidation sites excluding steroid dienone is 4. The molecule has 1 saturated heterocycles. The molecule has 0 bridgehead atoms. The van der Waals surface area contributed by atoms with E-state index in [1.165, 1.54) is 12.2 Å². The quantitative estimate of drug-likeness (QED) is 0.707. The third-order valence-electron chi connectivity index (χ3n) is 8.77. The van der Waals surface area contributed by atoms with Crippen LogP contribution in [0, 0.1) is 28.6 Å². The van der Waals surface area contributed by atoms with E-state index in [1.54, 1.807) is 6.92 Å². The van der Waals surface area contributed by atoms with Gasteiger partial charge in [0.15, 0.2) is 23.4 Å². The fourth-order valence-corrected chi connectivity index (χ4v) is 7.50. The highest BCUT2D eigenvalue weighted by atomic mass is 16.7. The van der Waals surface area contributed by atoms with Gasteiger partial charge in [-0.25, -0.2) is 0 Å². The molecule has 0 amide bonds. The molecule has 3 saturated carbocycles. The van der Waals surface area contributed by atoms with E-state index in [1.807, 2.05) is 13.8 Å². The molecule has 9 atom stereocenters. The van der Waals surface area contributed by atoms with Crippen LogP contribution in [0.1, 0.15) is 64.7 Å². The van der Waals surface area contributed by atoms with E-state index >= 15 is 0 Å². The highest BCUT2D eigenvalue weighted by molar-refractivity contribution is 6.01. The maximum Gasteiger partial charge on any atom is 0.193 e. The SMILES string of the molecule is [2H]C1=C[C@@]2(C)C(=CC1=O)C([2H])([2H])C[C@@H]1[C@@H]2[C@@H](O)C[C@@]2(C)[C@H]1C[C@H]1OC([2H])(CCC)O[C@]12C(=O)CO. The largest absolute Gasteiger partial charge is 0.393 e. The molecule has 31 heavy (non-hydrogen) atoms. The molecule has 0 radical (unpaired) electrons. The van der Waals surface area contributed by atoms with Gasteiger partial charge in [-0.1, -0.05) is 38.8 Å². The predicted octanol–water partition coefficient (Wildman–Crippen LogP) is 2.72. The number of carbonyl (C=O) groups is 2. The van der Waals surface area contributed by atoms with Gasteiger partial charge < -0.3 is 19.7 Å². The molecular formula is C25H34O6. The number of Topliss-reactive ketones (excluding diaryl/α,β-unsaturated/α-hetero) is 1. The molecular weight excluding hydrogens is 396 g/mol. The van der Waals surface area contributed by atoms with Gasteiger partial charge in [0.05, 0.1) is 14.9 Å². The molecule has 0 aromatic rings. The fourth-order valence-electron chi connectivity index (χ4n) is 7.50. The molecule has 6 heteroatoms. The Morgan fingerprint density at radius 2 is 2.23 bits per heavy atom. The third-order valence-corrected chi connectivity index (χ3v) is 8.77. The van der Waals surface area contributed by atoms with Crippen molar-refractivity contribution < 1.29 is 34.8 Å². The Bertz CT molecular complexity index is 1040. The molecule has 0 spiro atoms. The standard InChI is InChI=1S/C25H34O6/c1-4-5-21-30-20-11-17-16-7-6-14-10-15(27)8-9-23(14,2)22(16)18(28)12-24(17,3)25(20,31-21)19(29)13-26/h8-10,16-18,20-22,26,28H,4-7,11-13H2,1-3H3/t16-,17-,18-,20+,21?,22+,23-,24-,25+/m0/s1/i6D2,8D,21D. The van der Waals surface area contributed by atoms with Crippen molar-refractivity contribution in [1.82, 2.24) is 0 Å². The van der Waals surface area contributed by atoms with E-state index in [0.29, 0.717) is 12.8 Å². The second kappa shape index (κ2) is 7.08. The fraction of sp³-hybridized carbons (Fsp3) is 0.760. The number of carbonyl (C=O) groups excluding carboxylic acids is 2. The van der Waals surface area contributed by atoms with Crippen LogP contribution >= 0.6 is 0 Å². The molecule has 5 rings (SSSR count). The van der Waals surface area contributed by atoms with Gasteiger partial charge in [0.2, 0.25) is 0 Å². The summed E-state index contributed by atoms with van der Waals surface area (Å²) < 4.78 is 46.8. The summed E-state index contributed by atoms with van der Waals surface area (Å²) in [4.78, 5) is 25.6. The lowest BCUT2D eigenvalue weighted by Crippen LogP contribution is -2.63. The first kappa shape index (κ1) is 17.2. The Labute approximate surface area is 189 Å². The smallest absolute Gasteiger partial charge is 0.193 e. The maximum atomic E-state index is 13.4. The van der Waals surface area contributed by atoms with Crippen molar-refractivity contribution in [2.45, 2.75) is 83.3 Å². The lowest BCUT2D eigenvalue weighted by Gasteiger charge is -2.59. The molecule has 4 fully saturated rings. The van der Waals surface area contributed by atoms with Gasteiger partial charge in [0, 0.05) is 19.5 Å². The van der Waals surface area contributed by atoms with Crippen LogP contribution < -0.4 is 0 Å². The van der Waals surface area contributed by atoms with Crippen molar-refractivity contribution >= 4 is 11.6 Å². The van der Waals surface area contributed by atoms with Gasteiger partial charge in [-0.2, -0.15) is 0 Å². The first-order chi connectivity index (χ1) is 16.2. The van der Waals surface area contributed by atoms with Gasteiger partial charge in [0.25, 0.3) is 0 Å². The van der Waals surface area contributed by atoms with Crippen LogP contribution in [0.5, 0.6) is 0 Å². The highest BCUT2D eigenvalue weighted by Crippen LogP contribution is 2.69. The molecule has 1 aliphatic heterocycles. The Morgan fingerprint density at radius 1 is 1.45 bits per heavy atom. The van der Waals surface area contributed by atoms with Crippen LogP contribution in [0.3, 0.4) is 0 Å². The molecule has 0 aromatic carbocycles. The summed E-state index contributed by atoms with van der Waals surface area (Å²) in [5.74, 6) is -2.28. The Balaban J connectivity index is 1.63. The van der Waals surface area contributed by atoms with Crippen molar-refractivity contribution in [3.8, 4) is 0 Å². The summed E-state index contributed by atoms with van der Waals surface area (Å²) in [6.45, 7) is 4.72. The van der Waals surface area contributed by atoms with Crippen LogP contribution in [0.4, 0.5) is 0 Å². The monoisotopic (exact) mass is 434 g/mol.